The molecule has 2 aromatic rings. The Kier molecular flexibility index (Phi) is 5.68. The molecule has 24 heavy (non-hydrogen) atoms. The zero-order valence-electron chi connectivity index (χ0n) is 13.0. The van der Waals surface area contributed by atoms with Crippen LogP contribution in [-0.2, 0) is 9.59 Å². The van der Waals surface area contributed by atoms with Crippen molar-refractivity contribution < 1.29 is 19.1 Å². The van der Waals surface area contributed by atoms with E-state index in [1.807, 2.05) is 0 Å². The lowest BCUT2D eigenvalue weighted by atomic mass is 9.91. The fourth-order valence-corrected chi connectivity index (χ4v) is 2.42. The van der Waals surface area contributed by atoms with Gasteiger partial charge >= 0.3 is 5.97 Å². The van der Waals surface area contributed by atoms with E-state index in [-0.39, 0.29) is 18.6 Å². The van der Waals surface area contributed by atoms with Crippen molar-refractivity contribution in [3.05, 3.63) is 65.7 Å². The molecule has 0 aliphatic rings. The van der Waals surface area contributed by atoms with Crippen LogP contribution in [0.5, 0.6) is 5.75 Å². The maximum atomic E-state index is 12.2. The van der Waals surface area contributed by atoms with Gasteiger partial charge in [0.2, 0.25) is 11.8 Å². The van der Waals surface area contributed by atoms with Gasteiger partial charge in [0.25, 0.3) is 0 Å². The molecule has 4 N–H and O–H groups in total. The second-order valence-corrected chi connectivity index (χ2v) is 5.33. The third kappa shape index (κ3) is 4.67. The first-order chi connectivity index (χ1) is 11.5. The number of hydrogen-bond donors (Lipinski definition) is 2. The Morgan fingerprint density at radius 3 is 1.96 bits per heavy atom. The minimum Gasteiger partial charge on any atom is -0.423 e. The molecular weight excluding hydrogens is 308 g/mol. The highest BCUT2D eigenvalue weighted by molar-refractivity contribution is 5.91. The molecular formula is C18H18N2O4. The van der Waals surface area contributed by atoms with Gasteiger partial charge in [0.1, 0.15) is 5.75 Å². The summed E-state index contributed by atoms with van der Waals surface area (Å²) in [6.07, 6.45) is -0.133. The molecule has 0 aliphatic heterocycles. The molecule has 0 aliphatic carbocycles. The Morgan fingerprint density at radius 1 is 0.833 bits per heavy atom. The Bertz CT molecular complexity index is 728. The minimum atomic E-state index is -0.564. The van der Waals surface area contributed by atoms with Gasteiger partial charge in [-0.05, 0) is 23.8 Å². The fraction of sp³-hybridized carbons (Fsp3) is 0.167. The number of hydrogen-bond acceptors (Lipinski definition) is 4. The van der Waals surface area contributed by atoms with Crippen LogP contribution in [-0.4, -0.2) is 17.8 Å². The number of benzene rings is 2. The van der Waals surface area contributed by atoms with Crippen molar-refractivity contribution in [2.24, 2.45) is 11.5 Å². The second-order valence-electron chi connectivity index (χ2n) is 5.33. The molecule has 0 aromatic heterocycles. The Balaban J connectivity index is 2.29. The molecule has 0 fully saturated rings. The zero-order chi connectivity index (χ0) is 17.5. The van der Waals surface area contributed by atoms with Gasteiger partial charge < -0.3 is 16.2 Å². The van der Waals surface area contributed by atoms with Gasteiger partial charge in [0, 0.05) is 18.8 Å². The van der Waals surface area contributed by atoms with Gasteiger partial charge in [-0.1, -0.05) is 36.4 Å². The largest absolute Gasteiger partial charge is 0.423 e. The number of primary amides is 2. The maximum Gasteiger partial charge on any atom is 0.343 e. The van der Waals surface area contributed by atoms with Crippen LogP contribution < -0.4 is 16.2 Å². The summed E-state index contributed by atoms with van der Waals surface area (Å²) < 4.78 is 5.43. The van der Waals surface area contributed by atoms with Gasteiger partial charge in [-0.3, -0.25) is 9.59 Å². The second kappa shape index (κ2) is 7.92. The molecule has 0 spiro atoms. The van der Waals surface area contributed by atoms with Crippen molar-refractivity contribution >= 4 is 17.8 Å². The molecule has 0 saturated heterocycles. The smallest absolute Gasteiger partial charge is 0.343 e. The highest BCUT2D eigenvalue weighted by atomic mass is 16.5. The summed E-state index contributed by atoms with van der Waals surface area (Å²) in [4.78, 5) is 34.8. The van der Waals surface area contributed by atoms with E-state index in [0.717, 1.165) is 0 Å². The zero-order valence-corrected chi connectivity index (χ0v) is 13.0. The Morgan fingerprint density at radius 2 is 1.38 bits per heavy atom. The standard InChI is InChI=1S/C18H18N2O4/c19-16(21)10-13(11-17(20)22)14-8-4-5-9-15(14)24-18(23)12-6-2-1-3-7-12/h1-9,13H,10-11H2,(H2,19,21)(H2,20,22). The van der Waals surface area contributed by atoms with Crippen molar-refractivity contribution in [1.29, 1.82) is 0 Å². The van der Waals surface area contributed by atoms with E-state index < -0.39 is 23.7 Å². The fourth-order valence-electron chi connectivity index (χ4n) is 2.42. The first kappa shape index (κ1) is 17.2. The number of ether oxygens (including phenoxy) is 1. The quantitative estimate of drug-likeness (QED) is 0.596. The number of nitrogens with two attached hydrogens (primary N) is 2. The third-order valence-electron chi connectivity index (χ3n) is 3.47. The van der Waals surface area contributed by atoms with E-state index in [9.17, 15) is 14.4 Å². The van der Waals surface area contributed by atoms with Crippen molar-refractivity contribution in [1.82, 2.24) is 0 Å². The van der Waals surface area contributed by atoms with E-state index in [0.29, 0.717) is 11.1 Å². The summed E-state index contributed by atoms with van der Waals surface area (Å²) in [6.45, 7) is 0. The van der Waals surface area contributed by atoms with Crippen LogP contribution in [0.3, 0.4) is 0 Å². The highest BCUT2D eigenvalue weighted by Gasteiger charge is 2.22. The van der Waals surface area contributed by atoms with E-state index in [2.05, 4.69) is 0 Å². The summed E-state index contributed by atoms with van der Waals surface area (Å²) in [5.74, 6) is -1.92. The number of amides is 2. The van der Waals surface area contributed by atoms with E-state index in [1.165, 1.54) is 0 Å². The number of carbonyl (C=O) groups is 3. The Labute approximate surface area is 139 Å². The van der Waals surface area contributed by atoms with Crippen LogP contribution in [0.1, 0.15) is 34.7 Å². The van der Waals surface area contributed by atoms with E-state index in [4.69, 9.17) is 16.2 Å². The number of para-hydroxylation sites is 1. The van der Waals surface area contributed by atoms with Gasteiger partial charge in [0.15, 0.2) is 0 Å². The van der Waals surface area contributed by atoms with Crippen LogP contribution in [0.2, 0.25) is 0 Å². The first-order valence-corrected chi connectivity index (χ1v) is 7.40. The normalized spacial score (nSPS) is 10.4. The topological polar surface area (TPSA) is 112 Å². The third-order valence-corrected chi connectivity index (χ3v) is 3.47. The highest BCUT2D eigenvalue weighted by Crippen LogP contribution is 2.31. The monoisotopic (exact) mass is 326 g/mol. The van der Waals surface area contributed by atoms with E-state index >= 15 is 0 Å². The molecule has 0 bridgehead atoms. The molecule has 124 valence electrons. The van der Waals surface area contributed by atoms with Gasteiger partial charge in [-0.2, -0.15) is 0 Å². The molecule has 0 saturated carbocycles. The summed E-state index contributed by atoms with van der Waals surface area (Å²) in [6, 6.07) is 15.2. The molecule has 0 atom stereocenters. The van der Waals surface area contributed by atoms with Crippen LogP contribution in [0.15, 0.2) is 54.6 Å². The van der Waals surface area contributed by atoms with Crippen LogP contribution in [0, 0.1) is 0 Å². The number of esters is 1. The Hall–Kier alpha value is -3.15. The van der Waals surface area contributed by atoms with Crippen LogP contribution >= 0.6 is 0 Å². The van der Waals surface area contributed by atoms with Crippen molar-refractivity contribution in [3.63, 3.8) is 0 Å². The lowest BCUT2D eigenvalue weighted by Crippen LogP contribution is -2.21. The van der Waals surface area contributed by atoms with Crippen molar-refractivity contribution in [2.45, 2.75) is 18.8 Å². The first-order valence-electron chi connectivity index (χ1n) is 7.40. The predicted octanol–water partition coefficient (Wildman–Crippen LogP) is 1.74. The molecule has 6 heteroatoms. The van der Waals surface area contributed by atoms with Crippen molar-refractivity contribution in [3.8, 4) is 5.75 Å². The average Bonchev–Trinajstić information content (AvgIpc) is 2.54. The summed E-state index contributed by atoms with van der Waals surface area (Å²) >= 11 is 0. The lowest BCUT2D eigenvalue weighted by Gasteiger charge is -2.17. The van der Waals surface area contributed by atoms with Gasteiger partial charge in [-0.15, -0.1) is 0 Å². The molecule has 0 radical (unpaired) electrons. The maximum absolute atomic E-state index is 12.2. The molecule has 2 amide bonds. The SMILES string of the molecule is NC(=O)CC(CC(N)=O)c1ccccc1OC(=O)c1ccccc1. The molecule has 6 nitrogen and oxygen atoms in total. The van der Waals surface area contributed by atoms with Gasteiger partial charge in [0.05, 0.1) is 5.56 Å². The number of carbonyl (C=O) groups excluding carboxylic acids is 3. The van der Waals surface area contributed by atoms with E-state index in [1.54, 1.807) is 54.6 Å². The summed E-state index contributed by atoms with van der Waals surface area (Å²) in [5.41, 5.74) is 11.4. The van der Waals surface area contributed by atoms with Crippen LogP contribution in [0.25, 0.3) is 0 Å². The predicted molar refractivity (Wildman–Crippen MR) is 88.2 cm³/mol. The molecule has 0 heterocycles. The van der Waals surface area contributed by atoms with Gasteiger partial charge in [-0.25, -0.2) is 4.79 Å². The molecule has 2 aromatic carbocycles. The summed E-state index contributed by atoms with van der Waals surface area (Å²) in [5, 5.41) is 0. The minimum absolute atomic E-state index is 0.0666. The van der Waals surface area contributed by atoms with Crippen molar-refractivity contribution in [2.75, 3.05) is 0 Å². The molecule has 2 rings (SSSR count). The average molecular weight is 326 g/mol. The lowest BCUT2D eigenvalue weighted by molar-refractivity contribution is -0.119. The van der Waals surface area contributed by atoms with Crippen LogP contribution in [0.4, 0.5) is 0 Å². The molecule has 0 unspecified atom stereocenters. The summed E-state index contributed by atoms with van der Waals surface area (Å²) in [7, 11) is 0. The number of rotatable bonds is 7.